The van der Waals surface area contributed by atoms with E-state index in [0.29, 0.717) is 12.2 Å². The largest absolute Gasteiger partial charge is 0.388 e. The molecule has 2 heterocycles. The van der Waals surface area contributed by atoms with E-state index in [1.54, 1.807) is 37.6 Å². The zero-order valence-electron chi connectivity index (χ0n) is 9.92. The van der Waals surface area contributed by atoms with Gasteiger partial charge in [-0.05, 0) is 18.2 Å². The van der Waals surface area contributed by atoms with Crippen LogP contribution in [0.15, 0.2) is 36.9 Å². The van der Waals surface area contributed by atoms with Crippen LogP contribution in [0.1, 0.15) is 16.2 Å². The lowest BCUT2D eigenvalue weighted by atomic mass is 10.3. The van der Waals surface area contributed by atoms with E-state index < -0.39 is 0 Å². The van der Waals surface area contributed by atoms with Crippen molar-refractivity contribution < 1.29 is 4.79 Å². The van der Waals surface area contributed by atoms with Crippen molar-refractivity contribution in [1.29, 1.82) is 0 Å². The van der Waals surface area contributed by atoms with Gasteiger partial charge in [0.15, 0.2) is 0 Å². The number of carbonyl (C=O) groups is 1. The van der Waals surface area contributed by atoms with Gasteiger partial charge in [0.05, 0.1) is 12.2 Å². The summed E-state index contributed by atoms with van der Waals surface area (Å²) in [5.41, 5.74) is 1.97. The van der Waals surface area contributed by atoms with Gasteiger partial charge in [-0.2, -0.15) is 0 Å². The predicted octanol–water partition coefficient (Wildman–Crippen LogP) is 0.843. The molecule has 2 N–H and O–H groups in total. The van der Waals surface area contributed by atoms with Crippen LogP contribution >= 0.6 is 0 Å². The van der Waals surface area contributed by atoms with E-state index >= 15 is 0 Å². The van der Waals surface area contributed by atoms with Gasteiger partial charge in [0.25, 0.3) is 5.91 Å². The molecule has 0 aliphatic carbocycles. The summed E-state index contributed by atoms with van der Waals surface area (Å²) >= 11 is 0. The monoisotopic (exact) mass is 243 g/mol. The lowest BCUT2D eigenvalue weighted by Gasteiger charge is -2.05. The van der Waals surface area contributed by atoms with Gasteiger partial charge in [-0.1, -0.05) is 0 Å². The van der Waals surface area contributed by atoms with Gasteiger partial charge in [0, 0.05) is 25.1 Å². The number of nitrogens with zero attached hydrogens (tertiary/aromatic N) is 3. The lowest BCUT2D eigenvalue weighted by Crippen LogP contribution is -2.24. The molecule has 0 aliphatic heterocycles. The van der Waals surface area contributed by atoms with Crippen molar-refractivity contribution in [3.05, 3.63) is 48.3 Å². The highest BCUT2D eigenvalue weighted by Gasteiger charge is 2.07. The maximum absolute atomic E-state index is 11.8. The van der Waals surface area contributed by atoms with Crippen molar-refractivity contribution in [1.82, 2.24) is 20.3 Å². The summed E-state index contributed by atoms with van der Waals surface area (Å²) in [6.07, 6.45) is 4.67. The Labute approximate surface area is 105 Å². The lowest BCUT2D eigenvalue weighted by molar-refractivity contribution is 0.0945. The van der Waals surface area contributed by atoms with Gasteiger partial charge >= 0.3 is 0 Å². The number of nitrogens with one attached hydrogen (secondary N) is 2. The second-order valence-electron chi connectivity index (χ2n) is 3.56. The Balaban J connectivity index is 1.99. The minimum atomic E-state index is -0.231. The van der Waals surface area contributed by atoms with Crippen molar-refractivity contribution in [3.63, 3.8) is 0 Å². The molecule has 0 saturated carbocycles. The average Bonchev–Trinajstić information content (AvgIpc) is 2.46. The summed E-state index contributed by atoms with van der Waals surface area (Å²) in [6.45, 7) is 0.354. The smallest absolute Gasteiger partial charge is 0.270 e. The summed E-state index contributed by atoms with van der Waals surface area (Å²) in [5.74, 6) is -0.231. The number of carbonyl (C=O) groups excluding carboxylic acids is 1. The molecule has 2 rings (SSSR count). The fourth-order valence-corrected chi connectivity index (χ4v) is 1.39. The van der Waals surface area contributed by atoms with E-state index in [1.165, 1.54) is 6.33 Å². The molecule has 0 unspecified atom stereocenters. The molecule has 0 bridgehead atoms. The van der Waals surface area contributed by atoms with E-state index in [-0.39, 0.29) is 5.91 Å². The molecule has 0 aliphatic rings. The Morgan fingerprint density at radius 1 is 1.28 bits per heavy atom. The van der Waals surface area contributed by atoms with Crippen LogP contribution in [0.2, 0.25) is 0 Å². The normalized spacial score (nSPS) is 9.83. The minimum absolute atomic E-state index is 0.231. The summed E-state index contributed by atoms with van der Waals surface area (Å²) in [6, 6.07) is 5.23. The molecular formula is C12H13N5O. The van der Waals surface area contributed by atoms with Crippen LogP contribution in [-0.4, -0.2) is 27.9 Å². The first-order chi connectivity index (χ1) is 8.79. The van der Waals surface area contributed by atoms with E-state index in [1.807, 2.05) is 0 Å². The van der Waals surface area contributed by atoms with Crippen LogP contribution in [0.4, 0.5) is 5.69 Å². The van der Waals surface area contributed by atoms with Crippen LogP contribution in [0, 0.1) is 0 Å². The topological polar surface area (TPSA) is 79.8 Å². The van der Waals surface area contributed by atoms with Gasteiger partial charge in [0.1, 0.15) is 12.0 Å². The zero-order chi connectivity index (χ0) is 12.8. The maximum atomic E-state index is 11.8. The second-order valence-corrected chi connectivity index (χ2v) is 3.56. The highest BCUT2D eigenvalue weighted by atomic mass is 16.1. The molecule has 0 spiro atoms. The van der Waals surface area contributed by atoms with Gasteiger partial charge in [0.2, 0.25) is 0 Å². The molecule has 0 saturated heterocycles. The number of aromatic nitrogens is 3. The predicted molar refractivity (Wildman–Crippen MR) is 67.0 cm³/mol. The van der Waals surface area contributed by atoms with Crippen molar-refractivity contribution in [2.75, 3.05) is 12.4 Å². The first kappa shape index (κ1) is 12.0. The van der Waals surface area contributed by atoms with E-state index in [0.717, 1.165) is 11.4 Å². The van der Waals surface area contributed by atoms with E-state index in [9.17, 15) is 4.79 Å². The number of amides is 1. The van der Waals surface area contributed by atoms with Crippen LogP contribution < -0.4 is 10.6 Å². The first-order valence-corrected chi connectivity index (χ1v) is 5.46. The van der Waals surface area contributed by atoms with Gasteiger partial charge in [-0.25, -0.2) is 9.97 Å². The Hall–Kier alpha value is -2.50. The fraction of sp³-hybridized carbons (Fsp3) is 0.167. The third kappa shape index (κ3) is 3.00. The molecule has 2 aromatic heterocycles. The highest BCUT2D eigenvalue weighted by molar-refractivity contribution is 5.92. The maximum Gasteiger partial charge on any atom is 0.270 e. The van der Waals surface area contributed by atoms with E-state index in [2.05, 4.69) is 25.6 Å². The summed E-state index contributed by atoms with van der Waals surface area (Å²) < 4.78 is 0. The van der Waals surface area contributed by atoms with Gasteiger partial charge < -0.3 is 10.6 Å². The Kier molecular flexibility index (Phi) is 3.80. The van der Waals surface area contributed by atoms with Crippen molar-refractivity contribution in [2.24, 2.45) is 0 Å². The van der Waals surface area contributed by atoms with Crippen LogP contribution in [-0.2, 0) is 6.54 Å². The Morgan fingerprint density at radius 3 is 2.89 bits per heavy atom. The molecule has 0 aromatic carbocycles. The molecule has 92 valence electrons. The quantitative estimate of drug-likeness (QED) is 0.832. The summed E-state index contributed by atoms with van der Waals surface area (Å²) in [4.78, 5) is 23.7. The molecule has 0 fully saturated rings. The third-order valence-corrected chi connectivity index (χ3v) is 2.35. The molecule has 2 aromatic rings. The average molecular weight is 243 g/mol. The third-order valence-electron chi connectivity index (χ3n) is 2.35. The molecule has 0 atom stereocenters. The number of rotatable bonds is 4. The van der Waals surface area contributed by atoms with Crippen LogP contribution in [0.25, 0.3) is 0 Å². The van der Waals surface area contributed by atoms with Crippen molar-refractivity contribution in [2.45, 2.75) is 6.54 Å². The van der Waals surface area contributed by atoms with E-state index in [4.69, 9.17) is 0 Å². The number of hydrogen-bond donors (Lipinski definition) is 2. The van der Waals surface area contributed by atoms with Crippen LogP contribution in [0.3, 0.4) is 0 Å². The minimum Gasteiger partial charge on any atom is -0.388 e. The molecule has 0 radical (unpaired) electrons. The molecule has 6 nitrogen and oxygen atoms in total. The highest BCUT2D eigenvalue weighted by Crippen LogP contribution is 2.06. The molecule has 1 amide bonds. The van der Waals surface area contributed by atoms with Crippen molar-refractivity contribution >= 4 is 11.6 Å². The Bertz CT molecular complexity index is 529. The van der Waals surface area contributed by atoms with Gasteiger partial charge in [-0.3, -0.25) is 9.78 Å². The van der Waals surface area contributed by atoms with Crippen molar-refractivity contribution in [3.8, 4) is 0 Å². The molecular weight excluding hydrogens is 230 g/mol. The van der Waals surface area contributed by atoms with Gasteiger partial charge in [-0.15, -0.1) is 0 Å². The zero-order valence-corrected chi connectivity index (χ0v) is 9.92. The SMILES string of the molecule is CNc1ccnc(C(=O)NCc2ccncn2)c1. The first-order valence-electron chi connectivity index (χ1n) is 5.46. The van der Waals surface area contributed by atoms with Crippen LogP contribution in [0.5, 0.6) is 0 Å². The molecule has 18 heavy (non-hydrogen) atoms. The number of anilines is 1. The number of pyridine rings is 1. The number of hydrogen-bond acceptors (Lipinski definition) is 5. The fourth-order valence-electron chi connectivity index (χ4n) is 1.39. The standard InChI is InChI=1S/C12H13N5O/c1-13-9-3-5-15-11(6-9)12(18)16-7-10-2-4-14-8-17-10/h2-6,8H,7H2,1H3,(H,13,15)(H,16,18). The summed E-state index contributed by atoms with van der Waals surface area (Å²) in [7, 11) is 1.79. The summed E-state index contributed by atoms with van der Waals surface area (Å²) in [5, 5.41) is 5.70. The second kappa shape index (κ2) is 5.72. The molecule has 6 heteroatoms. The Morgan fingerprint density at radius 2 is 2.17 bits per heavy atom.